The van der Waals surface area contributed by atoms with Gasteiger partial charge in [-0.15, -0.1) is 0 Å². The zero-order chi connectivity index (χ0) is 18.5. The smallest absolute Gasteiger partial charge is 0.335 e. The lowest BCUT2D eigenvalue weighted by Crippen LogP contribution is -2.08. The molecule has 132 valence electrons. The van der Waals surface area contributed by atoms with E-state index in [4.69, 9.17) is 14.6 Å². The average Bonchev–Trinajstić information content (AvgIpc) is 2.64. The Bertz CT molecular complexity index is 884. The Kier molecular flexibility index (Phi) is 5.23. The Labute approximate surface area is 152 Å². The molecule has 0 aliphatic rings. The second-order valence-electron chi connectivity index (χ2n) is 6.13. The van der Waals surface area contributed by atoms with Gasteiger partial charge in [0.05, 0.1) is 11.7 Å². The maximum absolute atomic E-state index is 11.2. The monoisotopic (exact) mass is 348 g/mol. The molecule has 0 fully saturated rings. The first-order valence-electron chi connectivity index (χ1n) is 8.40. The number of carboxylic acid groups (broad SMARTS) is 1. The van der Waals surface area contributed by atoms with Crippen molar-refractivity contribution in [2.24, 2.45) is 0 Å². The Morgan fingerprint density at radius 1 is 0.846 bits per heavy atom. The first kappa shape index (κ1) is 17.5. The Hall–Kier alpha value is -3.27. The summed E-state index contributed by atoms with van der Waals surface area (Å²) in [6.45, 7) is 3.76. The van der Waals surface area contributed by atoms with Crippen LogP contribution in [0.4, 0.5) is 0 Å². The van der Waals surface area contributed by atoms with Gasteiger partial charge in [0.2, 0.25) is 0 Å². The van der Waals surface area contributed by atoms with Crippen LogP contribution in [0.1, 0.15) is 24.2 Å². The summed E-state index contributed by atoms with van der Waals surface area (Å²) in [5.41, 5.74) is 2.39. The normalized spacial score (nSPS) is 10.6. The molecule has 0 saturated heterocycles. The number of carbonyl (C=O) groups is 1. The molecule has 0 aliphatic heterocycles. The third-order valence-corrected chi connectivity index (χ3v) is 3.74. The average molecular weight is 348 g/mol. The van der Waals surface area contributed by atoms with E-state index in [2.05, 4.69) is 12.1 Å². The highest BCUT2D eigenvalue weighted by Crippen LogP contribution is 2.34. The Morgan fingerprint density at radius 2 is 1.50 bits per heavy atom. The zero-order valence-corrected chi connectivity index (χ0v) is 14.7. The van der Waals surface area contributed by atoms with Crippen molar-refractivity contribution in [3.63, 3.8) is 0 Å². The van der Waals surface area contributed by atoms with Gasteiger partial charge in [-0.2, -0.15) is 0 Å². The highest BCUT2D eigenvalue weighted by Gasteiger charge is 2.13. The number of benzene rings is 3. The highest BCUT2D eigenvalue weighted by molar-refractivity contribution is 5.88. The molecule has 4 heteroatoms. The van der Waals surface area contributed by atoms with Crippen molar-refractivity contribution in [3.05, 3.63) is 78.4 Å². The summed E-state index contributed by atoms with van der Waals surface area (Å²) in [4.78, 5) is 11.2. The van der Waals surface area contributed by atoms with Gasteiger partial charge in [0, 0.05) is 0 Å². The summed E-state index contributed by atoms with van der Waals surface area (Å²) in [5.74, 6) is 0.543. The predicted octanol–water partition coefficient (Wildman–Crippen LogP) is 5.63. The maximum atomic E-state index is 11.2. The molecule has 0 bridgehead atoms. The quantitative estimate of drug-likeness (QED) is 0.627. The van der Waals surface area contributed by atoms with Crippen LogP contribution in [0.2, 0.25) is 0 Å². The number of hydrogen-bond donors (Lipinski definition) is 1. The summed E-state index contributed by atoms with van der Waals surface area (Å²) in [5, 5.41) is 9.17. The van der Waals surface area contributed by atoms with E-state index in [1.54, 1.807) is 6.07 Å². The lowest BCUT2D eigenvalue weighted by molar-refractivity contribution is 0.0696. The molecular weight excluding hydrogens is 328 g/mol. The SMILES string of the molecule is CC(C)Oc1cc(C(=O)O)ccc1Oc1ccc(-c2ccccc2)cc1. The molecule has 0 atom stereocenters. The number of rotatable bonds is 6. The Balaban J connectivity index is 1.85. The lowest BCUT2D eigenvalue weighted by Gasteiger charge is -2.15. The van der Waals surface area contributed by atoms with E-state index in [0.717, 1.165) is 11.1 Å². The van der Waals surface area contributed by atoms with Crippen molar-refractivity contribution >= 4 is 5.97 Å². The second kappa shape index (κ2) is 7.74. The molecule has 0 amide bonds. The predicted molar refractivity (Wildman–Crippen MR) is 101 cm³/mol. The van der Waals surface area contributed by atoms with Gasteiger partial charge in [-0.3, -0.25) is 0 Å². The van der Waals surface area contributed by atoms with Crippen LogP contribution in [-0.2, 0) is 0 Å². The first-order valence-corrected chi connectivity index (χ1v) is 8.40. The van der Waals surface area contributed by atoms with E-state index in [1.165, 1.54) is 12.1 Å². The lowest BCUT2D eigenvalue weighted by atomic mass is 10.1. The Morgan fingerprint density at radius 3 is 2.12 bits per heavy atom. The molecule has 26 heavy (non-hydrogen) atoms. The zero-order valence-electron chi connectivity index (χ0n) is 14.7. The minimum atomic E-state index is -1.00. The summed E-state index contributed by atoms with van der Waals surface area (Å²) in [6.07, 6.45) is -0.0955. The number of carboxylic acids is 1. The fourth-order valence-electron chi connectivity index (χ4n) is 2.54. The maximum Gasteiger partial charge on any atom is 0.335 e. The number of ether oxygens (including phenoxy) is 2. The molecule has 0 spiro atoms. The summed E-state index contributed by atoms with van der Waals surface area (Å²) in [7, 11) is 0. The molecular formula is C22H20O4. The second-order valence-corrected chi connectivity index (χ2v) is 6.13. The summed E-state index contributed by atoms with van der Waals surface area (Å²) >= 11 is 0. The van der Waals surface area contributed by atoms with Crippen molar-refractivity contribution in [2.45, 2.75) is 20.0 Å². The van der Waals surface area contributed by atoms with Crippen molar-refractivity contribution in [3.8, 4) is 28.4 Å². The van der Waals surface area contributed by atoms with E-state index in [1.807, 2.05) is 56.3 Å². The van der Waals surface area contributed by atoms with Crippen LogP contribution in [0.25, 0.3) is 11.1 Å². The molecule has 3 rings (SSSR count). The third kappa shape index (κ3) is 4.22. The van der Waals surface area contributed by atoms with Gasteiger partial charge in [0.1, 0.15) is 5.75 Å². The number of hydrogen-bond acceptors (Lipinski definition) is 3. The largest absolute Gasteiger partial charge is 0.487 e. The number of aromatic carboxylic acids is 1. The van der Waals surface area contributed by atoms with E-state index in [0.29, 0.717) is 17.2 Å². The molecule has 0 heterocycles. The van der Waals surface area contributed by atoms with Gasteiger partial charge in [-0.25, -0.2) is 4.79 Å². The van der Waals surface area contributed by atoms with Crippen LogP contribution >= 0.6 is 0 Å². The highest BCUT2D eigenvalue weighted by atomic mass is 16.5. The summed E-state index contributed by atoms with van der Waals surface area (Å²) < 4.78 is 11.6. The van der Waals surface area contributed by atoms with Crippen molar-refractivity contribution in [1.82, 2.24) is 0 Å². The molecule has 1 N–H and O–H groups in total. The van der Waals surface area contributed by atoms with E-state index in [-0.39, 0.29) is 11.7 Å². The molecule has 3 aromatic rings. The van der Waals surface area contributed by atoms with Crippen LogP contribution in [0.5, 0.6) is 17.2 Å². The van der Waals surface area contributed by atoms with Gasteiger partial charge in [-0.1, -0.05) is 42.5 Å². The van der Waals surface area contributed by atoms with Gasteiger partial charge in [0.25, 0.3) is 0 Å². The van der Waals surface area contributed by atoms with E-state index < -0.39 is 5.97 Å². The van der Waals surface area contributed by atoms with Crippen molar-refractivity contribution < 1.29 is 19.4 Å². The molecule has 0 aliphatic carbocycles. The van der Waals surface area contributed by atoms with Gasteiger partial charge in [0.15, 0.2) is 11.5 Å². The standard InChI is InChI=1S/C22H20O4/c1-15(2)25-21-14-18(22(23)24)10-13-20(21)26-19-11-8-17(9-12-19)16-6-4-3-5-7-16/h3-15H,1-2H3,(H,23,24). The molecule has 0 saturated carbocycles. The minimum absolute atomic E-state index is 0.0955. The van der Waals surface area contributed by atoms with Crippen molar-refractivity contribution in [1.29, 1.82) is 0 Å². The molecule has 0 aromatic heterocycles. The minimum Gasteiger partial charge on any atom is -0.487 e. The first-order chi connectivity index (χ1) is 12.5. The van der Waals surface area contributed by atoms with Crippen LogP contribution in [0.3, 0.4) is 0 Å². The molecule has 3 aromatic carbocycles. The van der Waals surface area contributed by atoms with Crippen molar-refractivity contribution in [2.75, 3.05) is 0 Å². The van der Waals surface area contributed by atoms with E-state index >= 15 is 0 Å². The fraction of sp³-hybridized carbons (Fsp3) is 0.136. The van der Waals surface area contributed by atoms with Crippen LogP contribution in [0, 0.1) is 0 Å². The van der Waals surface area contributed by atoms with Crippen LogP contribution in [0.15, 0.2) is 72.8 Å². The van der Waals surface area contributed by atoms with Crippen LogP contribution in [-0.4, -0.2) is 17.2 Å². The van der Waals surface area contributed by atoms with Gasteiger partial charge < -0.3 is 14.6 Å². The fourth-order valence-corrected chi connectivity index (χ4v) is 2.54. The van der Waals surface area contributed by atoms with Gasteiger partial charge >= 0.3 is 5.97 Å². The topological polar surface area (TPSA) is 55.8 Å². The van der Waals surface area contributed by atoms with Crippen LogP contribution < -0.4 is 9.47 Å². The molecule has 4 nitrogen and oxygen atoms in total. The van der Waals surface area contributed by atoms with Gasteiger partial charge in [-0.05, 0) is 55.3 Å². The molecule has 0 radical (unpaired) electrons. The molecule has 0 unspecified atom stereocenters. The third-order valence-electron chi connectivity index (χ3n) is 3.74. The van der Waals surface area contributed by atoms with E-state index in [9.17, 15) is 4.79 Å². The summed E-state index contributed by atoms with van der Waals surface area (Å²) in [6, 6.07) is 22.4.